The maximum atomic E-state index is 5.85. The van der Waals surface area contributed by atoms with Gasteiger partial charge in [0.15, 0.2) is 0 Å². The Morgan fingerprint density at radius 1 is 1.06 bits per heavy atom. The molecule has 0 saturated heterocycles. The van der Waals surface area contributed by atoms with E-state index in [2.05, 4.69) is 39.2 Å². The Hall–Kier alpha value is -0.630. The van der Waals surface area contributed by atoms with Crippen molar-refractivity contribution >= 4 is 11.8 Å². The lowest BCUT2D eigenvalue weighted by molar-refractivity contribution is 0.302. The van der Waals surface area contributed by atoms with Gasteiger partial charge >= 0.3 is 0 Å². The van der Waals surface area contributed by atoms with Crippen molar-refractivity contribution in [2.75, 3.05) is 12.9 Å². The first-order valence-corrected chi connectivity index (χ1v) is 7.69. The van der Waals surface area contributed by atoms with Crippen LogP contribution in [0.5, 0.6) is 5.75 Å². The van der Waals surface area contributed by atoms with Crippen LogP contribution in [-0.4, -0.2) is 12.9 Å². The van der Waals surface area contributed by atoms with E-state index >= 15 is 0 Å². The highest BCUT2D eigenvalue weighted by atomic mass is 32.2. The molecule has 1 aromatic rings. The molecule has 1 rings (SSSR count). The molecule has 0 amide bonds. The minimum Gasteiger partial charge on any atom is -0.493 e. The van der Waals surface area contributed by atoms with Crippen molar-refractivity contribution in [3.63, 3.8) is 0 Å². The molecule has 17 heavy (non-hydrogen) atoms. The second-order valence-electron chi connectivity index (χ2n) is 4.50. The van der Waals surface area contributed by atoms with E-state index < -0.39 is 0 Å². The third kappa shape index (κ3) is 4.63. The average molecular weight is 252 g/mol. The number of thioether (sulfide) groups is 1. The fourth-order valence-corrected chi connectivity index (χ4v) is 2.53. The topological polar surface area (TPSA) is 9.23 Å². The van der Waals surface area contributed by atoms with Gasteiger partial charge in [-0.2, -0.15) is 0 Å². The summed E-state index contributed by atoms with van der Waals surface area (Å²) in [6.07, 6.45) is 7.15. The quantitative estimate of drug-likeness (QED) is 0.500. The van der Waals surface area contributed by atoms with Crippen LogP contribution in [0.15, 0.2) is 17.0 Å². The molecular weight excluding hydrogens is 228 g/mol. The normalized spacial score (nSPS) is 10.6. The number of hydrogen-bond donors (Lipinski definition) is 0. The van der Waals surface area contributed by atoms with Crippen LogP contribution >= 0.6 is 11.8 Å². The van der Waals surface area contributed by atoms with Crippen LogP contribution in [0, 0.1) is 13.8 Å². The second kappa shape index (κ2) is 7.65. The van der Waals surface area contributed by atoms with Gasteiger partial charge in [0.2, 0.25) is 0 Å². The van der Waals surface area contributed by atoms with E-state index in [-0.39, 0.29) is 0 Å². The summed E-state index contributed by atoms with van der Waals surface area (Å²) < 4.78 is 5.85. The number of benzene rings is 1. The SMILES string of the molecule is CCCCCCOc1cc(C)c(SC)cc1C. The zero-order chi connectivity index (χ0) is 12.7. The summed E-state index contributed by atoms with van der Waals surface area (Å²) in [5.41, 5.74) is 2.56. The Morgan fingerprint density at radius 3 is 2.47 bits per heavy atom. The van der Waals surface area contributed by atoms with E-state index in [0.29, 0.717) is 0 Å². The first-order chi connectivity index (χ1) is 8.19. The lowest BCUT2D eigenvalue weighted by Gasteiger charge is -2.12. The maximum Gasteiger partial charge on any atom is 0.122 e. The molecule has 0 atom stereocenters. The van der Waals surface area contributed by atoms with Crippen LogP contribution in [-0.2, 0) is 0 Å². The van der Waals surface area contributed by atoms with E-state index in [1.807, 2.05) is 0 Å². The summed E-state index contributed by atoms with van der Waals surface area (Å²) in [4.78, 5) is 1.35. The molecule has 0 heterocycles. The molecule has 1 nitrogen and oxygen atoms in total. The Labute approximate surface area is 110 Å². The summed E-state index contributed by atoms with van der Waals surface area (Å²) in [5.74, 6) is 1.05. The van der Waals surface area contributed by atoms with Crippen molar-refractivity contribution in [2.24, 2.45) is 0 Å². The van der Waals surface area contributed by atoms with E-state index in [1.54, 1.807) is 11.8 Å². The predicted molar refractivity (Wildman–Crippen MR) is 77.3 cm³/mol. The highest BCUT2D eigenvalue weighted by Crippen LogP contribution is 2.28. The number of rotatable bonds is 7. The minimum absolute atomic E-state index is 0.846. The smallest absolute Gasteiger partial charge is 0.122 e. The van der Waals surface area contributed by atoms with E-state index in [9.17, 15) is 0 Å². The average Bonchev–Trinajstić information content (AvgIpc) is 2.32. The zero-order valence-corrected chi connectivity index (χ0v) is 12.3. The second-order valence-corrected chi connectivity index (χ2v) is 5.34. The first kappa shape index (κ1) is 14.4. The van der Waals surface area contributed by atoms with Crippen LogP contribution in [0.25, 0.3) is 0 Å². The molecule has 0 fully saturated rings. The number of unbranched alkanes of at least 4 members (excludes halogenated alkanes) is 3. The van der Waals surface area contributed by atoms with Gasteiger partial charge in [-0.05, 0) is 49.8 Å². The molecule has 0 aromatic heterocycles. The predicted octanol–water partition coefficient (Wildman–Crippen LogP) is 4.98. The van der Waals surface area contributed by atoms with Gasteiger partial charge in [0.1, 0.15) is 5.75 Å². The molecule has 0 radical (unpaired) electrons. The molecular formula is C15H24OS. The van der Waals surface area contributed by atoms with Gasteiger partial charge in [-0.25, -0.2) is 0 Å². The van der Waals surface area contributed by atoms with Gasteiger partial charge in [-0.1, -0.05) is 26.2 Å². The van der Waals surface area contributed by atoms with Crippen molar-refractivity contribution in [3.05, 3.63) is 23.3 Å². The zero-order valence-electron chi connectivity index (χ0n) is 11.5. The fraction of sp³-hybridized carbons (Fsp3) is 0.600. The Balaban J connectivity index is 2.51. The number of ether oxygens (including phenoxy) is 1. The number of hydrogen-bond acceptors (Lipinski definition) is 2. The molecule has 96 valence electrons. The fourth-order valence-electron chi connectivity index (χ4n) is 1.85. The van der Waals surface area contributed by atoms with Gasteiger partial charge in [0.05, 0.1) is 6.61 Å². The highest BCUT2D eigenvalue weighted by molar-refractivity contribution is 7.98. The van der Waals surface area contributed by atoms with Gasteiger partial charge in [0, 0.05) is 4.90 Å². The lowest BCUT2D eigenvalue weighted by Crippen LogP contribution is -1.99. The lowest BCUT2D eigenvalue weighted by atomic mass is 10.1. The van der Waals surface area contributed by atoms with E-state index in [4.69, 9.17) is 4.74 Å². The Bertz CT molecular complexity index is 347. The molecule has 2 heteroatoms. The molecule has 0 saturated carbocycles. The third-order valence-electron chi connectivity index (χ3n) is 2.95. The summed E-state index contributed by atoms with van der Waals surface area (Å²) in [5, 5.41) is 0. The van der Waals surface area contributed by atoms with Crippen molar-refractivity contribution < 1.29 is 4.74 Å². The summed E-state index contributed by atoms with van der Waals surface area (Å²) in [6.45, 7) is 7.35. The maximum absolute atomic E-state index is 5.85. The Kier molecular flexibility index (Phi) is 6.49. The van der Waals surface area contributed by atoms with Crippen LogP contribution in [0.2, 0.25) is 0 Å². The summed E-state index contributed by atoms with van der Waals surface area (Å²) in [7, 11) is 0. The van der Waals surface area contributed by atoms with Crippen molar-refractivity contribution in [1.82, 2.24) is 0 Å². The molecule has 0 N–H and O–H groups in total. The van der Waals surface area contributed by atoms with Gasteiger partial charge in [-0.3, -0.25) is 0 Å². The van der Waals surface area contributed by atoms with Crippen molar-refractivity contribution in [2.45, 2.75) is 51.3 Å². The third-order valence-corrected chi connectivity index (χ3v) is 3.83. The molecule has 0 aliphatic rings. The van der Waals surface area contributed by atoms with Crippen molar-refractivity contribution in [3.8, 4) is 5.75 Å². The summed E-state index contributed by atoms with van der Waals surface area (Å²) >= 11 is 1.80. The van der Waals surface area contributed by atoms with E-state index in [0.717, 1.165) is 18.8 Å². The van der Waals surface area contributed by atoms with Crippen LogP contribution in [0.4, 0.5) is 0 Å². The van der Waals surface area contributed by atoms with Gasteiger partial charge in [-0.15, -0.1) is 11.8 Å². The van der Waals surface area contributed by atoms with Crippen LogP contribution < -0.4 is 4.74 Å². The highest BCUT2D eigenvalue weighted by Gasteiger charge is 2.04. The van der Waals surface area contributed by atoms with Crippen LogP contribution in [0.1, 0.15) is 43.7 Å². The monoisotopic (exact) mass is 252 g/mol. The van der Waals surface area contributed by atoms with Crippen molar-refractivity contribution in [1.29, 1.82) is 0 Å². The van der Waals surface area contributed by atoms with Gasteiger partial charge in [0.25, 0.3) is 0 Å². The molecule has 0 unspecified atom stereocenters. The Morgan fingerprint density at radius 2 is 1.82 bits per heavy atom. The van der Waals surface area contributed by atoms with Gasteiger partial charge < -0.3 is 4.74 Å². The molecule has 0 spiro atoms. The van der Waals surface area contributed by atoms with Crippen LogP contribution in [0.3, 0.4) is 0 Å². The first-order valence-electron chi connectivity index (χ1n) is 6.47. The molecule has 0 aliphatic heterocycles. The largest absolute Gasteiger partial charge is 0.493 e. The standard InChI is InChI=1S/C15H24OS/c1-5-6-7-8-9-16-14-10-13(3)15(17-4)11-12(14)2/h10-11H,5-9H2,1-4H3. The minimum atomic E-state index is 0.846. The summed E-state index contributed by atoms with van der Waals surface area (Å²) in [6, 6.07) is 4.39. The molecule has 0 aliphatic carbocycles. The molecule has 1 aromatic carbocycles. The number of aryl methyl sites for hydroxylation is 2. The van der Waals surface area contributed by atoms with E-state index in [1.165, 1.54) is 35.3 Å². The molecule has 0 bridgehead atoms.